The van der Waals surface area contributed by atoms with E-state index >= 15 is 0 Å². The Morgan fingerprint density at radius 3 is 2.61 bits per heavy atom. The van der Waals surface area contributed by atoms with Gasteiger partial charge in [-0.15, -0.1) is 0 Å². The van der Waals surface area contributed by atoms with E-state index in [1.54, 1.807) is 0 Å². The van der Waals surface area contributed by atoms with Crippen molar-refractivity contribution in [3.8, 4) is 0 Å². The molecule has 23 heavy (non-hydrogen) atoms. The third-order valence-corrected chi connectivity index (χ3v) is 4.45. The first-order valence-electron chi connectivity index (χ1n) is 7.97. The van der Waals surface area contributed by atoms with E-state index in [2.05, 4.69) is 17.0 Å². The van der Waals surface area contributed by atoms with Crippen molar-refractivity contribution in [2.75, 3.05) is 19.7 Å². The van der Waals surface area contributed by atoms with E-state index in [0.29, 0.717) is 18.1 Å². The Bertz CT molecular complexity index is 695. The van der Waals surface area contributed by atoms with Gasteiger partial charge in [-0.05, 0) is 11.6 Å². The number of esters is 1. The SMILES string of the molecule is O=C1OC(N2CC(COCc3ccccc3)C2)c2ccccc21. The zero-order chi connectivity index (χ0) is 15.6. The Morgan fingerprint density at radius 1 is 1.04 bits per heavy atom. The Kier molecular flexibility index (Phi) is 3.85. The van der Waals surface area contributed by atoms with Crippen LogP contribution in [0.5, 0.6) is 0 Å². The summed E-state index contributed by atoms with van der Waals surface area (Å²) in [5.74, 6) is 0.291. The van der Waals surface area contributed by atoms with Gasteiger partial charge >= 0.3 is 5.97 Å². The molecule has 1 saturated heterocycles. The van der Waals surface area contributed by atoms with E-state index in [1.807, 2.05) is 42.5 Å². The van der Waals surface area contributed by atoms with E-state index in [9.17, 15) is 4.79 Å². The molecule has 2 heterocycles. The maximum absolute atomic E-state index is 11.9. The van der Waals surface area contributed by atoms with Crippen molar-refractivity contribution in [3.63, 3.8) is 0 Å². The van der Waals surface area contributed by atoms with Gasteiger partial charge in [-0.2, -0.15) is 0 Å². The molecular formula is C19H19NO3. The standard InChI is InChI=1S/C19H19NO3/c21-19-17-9-5-4-8-16(17)18(23-19)20-10-15(11-20)13-22-12-14-6-2-1-3-7-14/h1-9,15,18H,10-13H2. The molecule has 2 aliphatic heterocycles. The predicted octanol–water partition coefficient (Wildman–Crippen LogP) is 3.00. The van der Waals surface area contributed by atoms with Crippen LogP contribution in [-0.2, 0) is 16.1 Å². The maximum Gasteiger partial charge on any atom is 0.340 e. The Hall–Kier alpha value is -2.17. The van der Waals surface area contributed by atoms with E-state index in [4.69, 9.17) is 9.47 Å². The third kappa shape index (κ3) is 2.87. The monoisotopic (exact) mass is 309 g/mol. The fraction of sp³-hybridized carbons (Fsp3) is 0.316. The molecule has 0 radical (unpaired) electrons. The minimum Gasteiger partial charge on any atom is -0.438 e. The predicted molar refractivity (Wildman–Crippen MR) is 85.8 cm³/mol. The van der Waals surface area contributed by atoms with Gasteiger partial charge in [0, 0.05) is 24.6 Å². The number of fused-ring (bicyclic) bond motifs is 1. The van der Waals surface area contributed by atoms with Crippen molar-refractivity contribution in [2.45, 2.75) is 12.8 Å². The molecule has 0 aromatic heterocycles. The molecule has 0 saturated carbocycles. The van der Waals surface area contributed by atoms with Gasteiger partial charge in [-0.25, -0.2) is 4.79 Å². The topological polar surface area (TPSA) is 38.8 Å². The van der Waals surface area contributed by atoms with Crippen LogP contribution in [0.2, 0.25) is 0 Å². The first-order valence-corrected chi connectivity index (χ1v) is 7.97. The smallest absolute Gasteiger partial charge is 0.340 e. The van der Waals surface area contributed by atoms with Crippen LogP contribution in [0.1, 0.15) is 27.7 Å². The van der Waals surface area contributed by atoms with Gasteiger partial charge in [-0.1, -0.05) is 48.5 Å². The summed E-state index contributed by atoms with van der Waals surface area (Å²) in [6.07, 6.45) is -0.218. The minimum atomic E-state index is -0.218. The highest BCUT2D eigenvalue weighted by Crippen LogP contribution is 2.37. The summed E-state index contributed by atoms with van der Waals surface area (Å²) >= 11 is 0. The number of rotatable bonds is 5. The third-order valence-electron chi connectivity index (χ3n) is 4.45. The molecule has 4 heteroatoms. The molecule has 2 aliphatic rings. The van der Waals surface area contributed by atoms with E-state index in [1.165, 1.54) is 5.56 Å². The Labute approximate surface area is 135 Å². The van der Waals surface area contributed by atoms with Crippen LogP contribution in [0.15, 0.2) is 54.6 Å². The summed E-state index contributed by atoms with van der Waals surface area (Å²) in [4.78, 5) is 14.1. The summed E-state index contributed by atoms with van der Waals surface area (Å²) in [6, 6.07) is 17.8. The average molecular weight is 309 g/mol. The Balaban J connectivity index is 1.27. The van der Waals surface area contributed by atoms with Crippen LogP contribution < -0.4 is 0 Å². The summed E-state index contributed by atoms with van der Waals surface area (Å²) in [6.45, 7) is 3.20. The molecule has 0 N–H and O–H groups in total. The molecule has 2 aromatic rings. The van der Waals surface area contributed by atoms with Crippen molar-refractivity contribution >= 4 is 5.97 Å². The molecule has 0 spiro atoms. The van der Waals surface area contributed by atoms with E-state index in [-0.39, 0.29) is 12.2 Å². The number of carbonyl (C=O) groups excluding carboxylic acids is 1. The molecule has 4 nitrogen and oxygen atoms in total. The number of nitrogens with zero attached hydrogens (tertiary/aromatic N) is 1. The highest BCUT2D eigenvalue weighted by atomic mass is 16.6. The molecule has 1 fully saturated rings. The van der Waals surface area contributed by atoms with Crippen LogP contribution in [0.25, 0.3) is 0 Å². The van der Waals surface area contributed by atoms with Gasteiger partial charge in [-0.3, -0.25) is 4.90 Å². The lowest BCUT2D eigenvalue weighted by Gasteiger charge is -2.41. The van der Waals surface area contributed by atoms with Gasteiger partial charge in [0.2, 0.25) is 0 Å². The zero-order valence-electron chi connectivity index (χ0n) is 12.9. The number of cyclic esters (lactones) is 1. The second kappa shape index (κ2) is 6.14. The molecule has 4 rings (SSSR count). The maximum atomic E-state index is 11.9. The van der Waals surface area contributed by atoms with Crippen LogP contribution >= 0.6 is 0 Å². The normalized spacial score (nSPS) is 20.9. The molecule has 1 atom stereocenters. The van der Waals surface area contributed by atoms with Crippen LogP contribution in [0.4, 0.5) is 0 Å². The number of hydrogen-bond donors (Lipinski definition) is 0. The van der Waals surface area contributed by atoms with Crippen LogP contribution in [0, 0.1) is 5.92 Å². The highest BCUT2D eigenvalue weighted by molar-refractivity contribution is 5.93. The summed E-state index contributed by atoms with van der Waals surface area (Å²) in [5.41, 5.74) is 2.88. The number of likely N-dealkylation sites (tertiary alicyclic amines) is 1. The van der Waals surface area contributed by atoms with Crippen LogP contribution in [-0.4, -0.2) is 30.6 Å². The summed E-state index contributed by atoms with van der Waals surface area (Å²) in [5, 5.41) is 0. The quantitative estimate of drug-likeness (QED) is 0.796. The van der Waals surface area contributed by atoms with Gasteiger partial charge in [0.15, 0.2) is 6.23 Å². The lowest BCUT2D eigenvalue weighted by molar-refractivity contribution is -0.0904. The van der Waals surface area contributed by atoms with E-state index < -0.39 is 0 Å². The summed E-state index contributed by atoms with van der Waals surface area (Å²) < 4.78 is 11.3. The lowest BCUT2D eigenvalue weighted by Crippen LogP contribution is -2.50. The fourth-order valence-corrected chi connectivity index (χ4v) is 3.22. The fourth-order valence-electron chi connectivity index (χ4n) is 3.22. The minimum absolute atomic E-state index is 0.214. The van der Waals surface area contributed by atoms with Gasteiger partial charge in [0.1, 0.15) is 0 Å². The van der Waals surface area contributed by atoms with Gasteiger partial charge < -0.3 is 9.47 Å². The molecule has 0 bridgehead atoms. The van der Waals surface area contributed by atoms with Gasteiger partial charge in [0.25, 0.3) is 0 Å². The molecular weight excluding hydrogens is 290 g/mol. The number of benzene rings is 2. The van der Waals surface area contributed by atoms with Crippen molar-refractivity contribution in [1.82, 2.24) is 4.90 Å². The molecule has 1 unspecified atom stereocenters. The number of hydrogen-bond acceptors (Lipinski definition) is 4. The second-order valence-electron chi connectivity index (χ2n) is 6.17. The average Bonchev–Trinajstić information content (AvgIpc) is 2.88. The highest BCUT2D eigenvalue weighted by Gasteiger charge is 2.40. The van der Waals surface area contributed by atoms with Crippen molar-refractivity contribution < 1.29 is 14.3 Å². The molecule has 0 amide bonds. The van der Waals surface area contributed by atoms with Crippen molar-refractivity contribution in [1.29, 1.82) is 0 Å². The van der Waals surface area contributed by atoms with Crippen molar-refractivity contribution in [3.05, 3.63) is 71.3 Å². The number of ether oxygens (including phenoxy) is 2. The molecule has 2 aromatic carbocycles. The van der Waals surface area contributed by atoms with Crippen molar-refractivity contribution in [2.24, 2.45) is 5.92 Å². The lowest BCUT2D eigenvalue weighted by atomic mass is 9.98. The Morgan fingerprint density at radius 2 is 1.78 bits per heavy atom. The van der Waals surface area contributed by atoms with Crippen LogP contribution in [0.3, 0.4) is 0 Å². The second-order valence-corrected chi connectivity index (χ2v) is 6.17. The largest absolute Gasteiger partial charge is 0.438 e. The van der Waals surface area contributed by atoms with Gasteiger partial charge in [0.05, 0.1) is 18.8 Å². The van der Waals surface area contributed by atoms with E-state index in [0.717, 1.165) is 25.3 Å². The zero-order valence-corrected chi connectivity index (χ0v) is 12.9. The molecule has 118 valence electrons. The molecule has 0 aliphatic carbocycles. The first-order chi connectivity index (χ1) is 11.3. The number of carbonyl (C=O) groups is 1. The summed E-state index contributed by atoms with van der Waals surface area (Å²) in [7, 11) is 0. The first kappa shape index (κ1) is 14.4.